The SMILES string of the molecule is COc1cccc(OC)c1CN1CCC[C@@H](c2nn(CCNC(C)=O)c3ncccc23)C1. The minimum Gasteiger partial charge on any atom is -0.496 e. The Kier molecular flexibility index (Phi) is 6.90. The Morgan fingerprint density at radius 1 is 1.19 bits per heavy atom. The van der Waals surface area contributed by atoms with Crippen LogP contribution in [0.25, 0.3) is 11.0 Å². The lowest BCUT2D eigenvalue weighted by Gasteiger charge is -2.32. The lowest BCUT2D eigenvalue weighted by Crippen LogP contribution is -2.34. The number of hydrogen-bond donors (Lipinski definition) is 1. The van der Waals surface area contributed by atoms with E-state index in [2.05, 4.69) is 21.3 Å². The molecule has 1 N–H and O–H groups in total. The molecule has 1 aliphatic rings. The van der Waals surface area contributed by atoms with Crippen molar-refractivity contribution in [3.05, 3.63) is 47.8 Å². The van der Waals surface area contributed by atoms with E-state index in [4.69, 9.17) is 14.6 Å². The topological polar surface area (TPSA) is 81.5 Å². The van der Waals surface area contributed by atoms with Crippen LogP contribution >= 0.6 is 0 Å². The Hall–Kier alpha value is -3.13. The van der Waals surface area contributed by atoms with Gasteiger partial charge in [-0.05, 0) is 43.7 Å². The van der Waals surface area contributed by atoms with Crippen molar-refractivity contribution in [2.45, 2.75) is 38.8 Å². The van der Waals surface area contributed by atoms with Gasteiger partial charge in [-0.3, -0.25) is 9.69 Å². The van der Waals surface area contributed by atoms with Crippen LogP contribution in [0.3, 0.4) is 0 Å². The van der Waals surface area contributed by atoms with Crippen LogP contribution in [0.1, 0.15) is 36.9 Å². The van der Waals surface area contributed by atoms with E-state index in [0.717, 1.165) is 66.3 Å². The number of hydrogen-bond acceptors (Lipinski definition) is 6. The molecule has 1 saturated heterocycles. The Morgan fingerprint density at radius 2 is 1.97 bits per heavy atom. The Balaban J connectivity index is 1.56. The van der Waals surface area contributed by atoms with Gasteiger partial charge < -0.3 is 14.8 Å². The fraction of sp³-hybridized carbons (Fsp3) is 0.458. The number of rotatable bonds is 8. The molecule has 8 heteroatoms. The summed E-state index contributed by atoms with van der Waals surface area (Å²) in [5, 5.41) is 8.88. The number of carbonyl (C=O) groups is 1. The number of methoxy groups -OCH3 is 2. The minimum atomic E-state index is -0.0377. The molecule has 1 amide bonds. The number of ether oxygens (including phenoxy) is 2. The molecule has 0 radical (unpaired) electrons. The Labute approximate surface area is 188 Å². The quantitative estimate of drug-likeness (QED) is 0.584. The number of nitrogens with zero attached hydrogens (tertiary/aromatic N) is 4. The lowest BCUT2D eigenvalue weighted by atomic mass is 9.93. The van der Waals surface area contributed by atoms with Gasteiger partial charge >= 0.3 is 0 Å². The molecule has 0 aliphatic carbocycles. The van der Waals surface area contributed by atoms with Gasteiger partial charge in [-0.2, -0.15) is 5.10 Å². The van der Waals surface area contributed by atoms with E-state index in [9.17, 15) is 4.79 Å². The molecule has 1 atom stereocenters. The fourth-order valence-electron chi connectivity index (χ4n) is 4.56. The number of benzene rings is 1. The first-order valence-electron chi connectivity index (χ1n) is 11.1. The van der Waals surface area contributed by atoms with Gasteiger partial charge in [0, 0.05) is 44.1 Å². The number of amides is 1. The van der Waals surface area contributed by atoms with Crippen molar-refractivity contribution in [1.82, 2.24) is 25.0 Å². The molecular formula is C24H31N5O3. The molecule has 0 unspecified atom stereocenters. The molecule has 3 aromatic rings. The summed E-state index contributed by atoms with van der Waals surface area (Å²) in [4.78, 5) is 18.3. The monoisotopic (exact) mass is 437 g/mol. The molecular weight excluding hydrogens is 406 g/mol. The van der Waals surface area contributed by atoms with Crippen LogP contribution in [0.4, 0.5) is 0 Å². The van der Waals surface area contributed by atoms with Crippen molar-refractivity contribution < 1.29 is 14.3 Å². The molecule has 170 valence electrons. The third-order valence-corrected chi connectivity index (χ3v) is 6.04. The first kappa shape index (κ1) is 22.1. The van der Waals surface area contributed by atoms with Crippen molar-refractivity contribution in [2.75, 3.05) is 33.9 Å². The predicted molar refractivity (Wildman–Crippen MR) is 123 cm³/mol. The van der Waals surface area contributed by atoms with Gasteiger partial charge in [-0.15, -0.1) is 0 Å². The molecule has 3 heterocycles. The zero-order valence-corrected chi connectivity index (χ0v) is 19.0. The van der Waals surface area contributed by atoms with Gasteiger partial charge in [-0.1, -0.05) is 6.07 Å². The van der Waals surface area contributed by atoms with Crippen LogP contribution in [0, 0.1) is 0 Å². The maximum absolute atomic E-state index is 11.2. The summed E-state index contributed by atoms with van der Waals surface area (Å²) in [7, 11) is 3.40. The second kappa shape index (κ2) is 9.99. The molecule has 1 fully saturated rings. The van der Waals surface area contributed by atoms with Crippen LogP contribution in [-0.2, 0) is 17.9 Å². The van der Waals surface area contributed by atoms with Crippen LogP contribution in [-0.4, -0.2) is 59.4 Å². The van der Waals surface area contributed by atoms with Gasteiger partial charge in [0.2, 0.25) is 5.91 Å². The first-order valence-corrected chi connectivity index (χ1v) is 11.1. The predicted octanol–water partition coefficient (Wildman–Crippen LogP) is 2.96. The van der Waals surface area contributed by atoms with E-state index in [1.54, 1.807) is 20.4 Å². The van der Waals surface area contributed by atoms with Crippen LogP contribution < -0.4 is 14.8 Å². The molecule has 1 aromatic carbocycles. The largest absolute Gasteiger partial charge is 0.496 e. The zero-order chi connectivity index (χ0) is 22.5. The van der Waals surface area contributed by atoms with Crippen LogP contribution in [0.2, 0.25) is 0 Å². The smallest absolute Gasteiger partial charge is 0.216 e. The summed E-state index contributed by atoms with van der Waals surface area (Å²) in [6.07, 6.45) is 3.98. The second-order valence-electron chi connectivity index (χ2n) is 8.18. The molecule has 1 aliphatic heterocycles. The van der Waals surface area contributed by atoms with Gasteiger partial charge in [0.25, 0.3) is 0 Å². The van der Waals surface area contributed by atoms with E-state index in [1.807, 2.05) is 28.9 Å². The summed E-state index contributed by atoms with van der Waals surface area (Å²) < 4.78 is 13.1. The molecule has 0 spiro atoms. The van der Waals surface area contributed by atoms with Crippen molar-refractivity contribution in [1.29, 1.82) is 0 Å². The van der Waals surface area contributed by atoms with Gasteiger partial charge in [0.15, 0.2) is 5.65 Å². The number of carbonyl (C=O) groups excluding carboxylic acids is 1. The fourth-order valence-corrected chi connectivity index (χ4v) is 4.56. The van der Waals surface area contributed by atoms with E-state index in [-0.39, 0.29) is 5.91 Å². The maximum Gasteiger partial charge on any atom is 0.216 e. The van der Waals surface area contributed by atoms with Crippen molar-refractivity contribution in [3.63, 3.8) is 0 Å². The number of aromatic nitrogens is 3. The van der Waals surface area contributed by atoms with Crippen molar-refractivity contribution in [2.24, 2.45) is 0 Å². The number of piperidine rings is 1. The van der Waals surface area contributed by atoms with Gasteiger partial charge in [-0.25, -0.2) is 9.67 Å². The normalized spacial score (nSPS) is 16.8. The summed E-state index contributed by atoms with van der Waals surface area (Å²) in [5.74, 6) is 1.98. The highest BCUT2D eigenvalue weighted by molar-refractivity contribution is 5.79. The highest BCUT2D eigenvalue weighted by Crippen LogP contribution is 2.34. The maximum atomic E-state index is 11.2. The summed E-state index contributed by atoms with van der Waals surface area (Å²) in [6, 6.07) is 9.98. The summed E-state index contributed by atoms with van der Waals surface area (Å²) in [6.45, 7) is 5.36. The molecule has 32 heavy (non-hydrogen) atoms. The van der Waals surface area contributed by atoms with E-state index < -0.39 is 0 Å². The van der Waals surface area contributed by atoms with Crippen LogP contribution in [0.5, 0.6) is 11.5 Å². The average Bonchev–Trinajstić information content (AvgIpc) is 3.18. The molecule has 0 bridgehead atoms. The minimum absolute atomic E-state index is 0.0377. The number of nitrogens with one attached hydrogen (secondary N) is 1. The number of likely N-dealkylation sites (tertiary alicyclic amines) is 1. The number of pyridine rings is 1. The Bertz CT molecular complexity index is 1060. The van der Waals surface area contributed by atoms with Crippen molar-refractivity contribution in [3.8, 4) is 11.5 Å². The zero-order valence-electron chi connectivity index (χ0n) is 19.0. The highest BCUT2D eigenvalue weighted by Gasteiger charge is 2.27. The molecule has 2 aromatic heterocycles. The molecule has 0 saturated carbocycles. The van der Waals surface area contributed by atoms with Crippen LogP contribution in [0.15, 0.2) is 36.5 Å². The average molecular weight is 438 g/mol. The van der Waals surface area contributed by atoms with Gasteiger partial charge in [0.05, 0.1) is 32.0 Å². The van der Waals surface area contributed by atoms with E-state index in [0.29, 0.717) is 19.0 Å². The highest BCUT2D eigenvalue weighted by atomic mass is 16.5. The summed E-state index contributed by atoms with van der Waals surface area (Å²) >= 11 is 0. The first-order chi connectivity index (χ1) is 15.6. The van der Waals surface area contributed by atoms with Crippen molar-refractivity contribution >= 4 is 16.9 Å². The summed E-state index contributed by atoms with van der Waals surface area (Å²) in [5.41, 5.74) is 3.04. The van der Waals surface area contributed by atoms with Gasteiger partial charge in [0.1, 0.15) is 11.5 Å². The lowest BCUT2D eigenvalue weighted by molar-refractivity contribution is -0.118. The third-order valence-electron chi connectivity index (χ3n) is 6.04. The van der Waals surface area contributed by atoms with E-state index in [1.165, 1.54) is 6.92 Å². The molecule has 8 nitrogen and oxygen atoms in total. The van der Waals surface area contributed by atoms with E-state index >= 15 is 0 Å². The molecule has 4 rings (SSSR count). The number of fused-ring (bicyclic) bond motifs is 1. The second-order valence-corrected chi connectivity index (χ2v) is 8.18. The standard InChI is InChI=1S/C24H31N5O3/c1-17(30)25-12-14-29-24-19(8-5-11-26-24)23(27-29)18-7-6-13-28(15-18)16-20-21(31-2)9-4-10-22(20)32-3/h4-5,8-11,18H,6-7,12-16H2,1-3H3,(H,25,30)/t18-/m1/s1. The third kappa shape index (κ3) is 4.70. The Morgan fingerprint density at radius 3 is 2.69 bits per heavy atom.